The Morgan fingerprint density at radius 1 is 1.25 bits per heavy atom. The topological polar surface area (TPSA) is 47.8 Å². The van der Waals surface area contributed by atoms with Crippen LogP contribution < -0.4 is 0 Å². The van der Waals surface area contributed by atoms with Gasteiger partial charge in [-0.15, -0.1) is 11.0 Å². The van der Waals surface area contributed by atoms with Gasteiger partial charge in [0.1, 0.15) is 5.78 Å². The Labute approximate surface area is 174 Å². The summed E-state index contributed by atoms with van der Waals surface area (Å²) in [6, 6.07) is 0. The minimum Gasteiger partial charge on any atom is -0.343 e. The minimum atomic E-state index is -0.252. The fraction of sp³-hybridized carbons (Fsp3) is 0.737. The van der Waals surface area contributed by atoms with E-state index in [0.717, 1.165) is 25.8 Å². The van der Waals surface area contributed by atoms with Gasteiger partial charge in [-0.1, -0.05) is 53.2 Å². The van der Waals surface area contributed by atoms with E-state index in [2.05, 4.69) is 51.9 Å². The second kappa shape index (κ2) is 11.5. The Morgan fingerprint density at radius 2 is 1.79 bits per heavy atom. The molecule has 24 heavy (non-hydrogen) atoms. The van der Waals surface area contributed by atoms with Gasteiger partial charge in [0, 0.05) is 44.7 Å². The molecule has 0 saturated carbocycles. The molecule has 1 aromatic heterocycles. The Kier molecular flexibility index (Phi) is 12.5. The van der Waals surface area contributed by atoms with Gasteiger partial charge in [0.2, 0.25) is 0 Å². The van der Waals surface area contributed by atoms with Gasteiger partial charge in [0.05, 0.1) is 11.9 Å². The van der Waals surface area contributed by atoms with Crippen molar-refractivity contribution in [1.82, 2.24) is 15.0 Å². The van der Waals surface area contributed by atoms with Gasteiger partial charge in [-0.25, -0.2) is 4.68 Å². The number of Topliss-reactive ketones (excluding diaryl/α,β-unsaturated/α-hetero) is 1. The quantitative estimate of drug-likeness (QED) is 0.669. The van der Waals surface area contributed by atoms with Crippen LogP contribution in [0.2, 0.25) is 0 Å². The molecular weight excluding hydrogens is 375 g/mol. The zero-order chi connectivity index (χ0) is 18.3. The predicted molar refractivity (Wildman–Crippen MR) is 96.8 cm³/mol. The summed E-state index contributed by atoms with van der Waals surface area (Å²) in [4.78, 5) is 11.8. The second-order valence-corrected chi connectivity index (χ2v) is 8.22. The molecule has 0 fully saturated rings. The molecule has 0 aliphatic heterocycles. The summed E-state index contributed by atoms with van der Waals surface area (Å²) in [5.41, 5.74) is 1.11. The minimum absolute atomic E-state index is 0. The molecule has 0 spiro atoms. The first-order chi connectivity index (χ1) is 10.4. The number of nitrogens with zero attached hydrogens (tertiary/aromatic N) is 3. The molecule has 4 nitrogen and oxygen atoms in total. The largest absolute Gasteiger partial charge is 0.343 e. The van der Waals surface area contributed by atoms with Crippen molar-refractivity contribution in [2.24, 2.45) is 16.7 Å². The number of hydrogen-bond donors (Lipinski definition) is 0. The third kappa shape index (κ3) is 10.7. The summed E-state index contributed by atoms with van der Waals surface area (Å²) < 4.78 is 1.89. The number of hydrogen-bond acceptors (Lipinski definition) is 3. The summed E-state index contributed by atoms with van der Waals surface area (Å²) in [6.45, 7) is 22.9. The zero-order valence-corrected chi connectivity index (χ0v) is 19.6. The molecule has 1 aromatic rings. The SMILES string of the molecule is [CH2-]C(CC(C)(C)C)C(=O)C(C)(C)C.[CH2-]CCc1cnnn1CC.[Y]. The normalized spacial score (nSPS) is 12.7. The maximum Gasteiger partial charge on any atom is 0.111 e. The van der Waals surface area contributed by atoms with Crippen LogP contribution in [0.3, 0.4) is 0 Å². The van der Waals surface area contributed by atoms with Crippen molar-refractivity contribution in [3.05, 3.63) is 25.7 Å². The first-order valence-corrected chi connectivity index (χ1v) is 8.46. The number of carbonyl (C=O) groups is 1. The van der Waals surface area contributed by atoms with Crippen LogP contribution in [0.25, 0.3) is 0 Å². The Balaban J connectivity index is 0. The fourth-order valence-corrected chi connectivity index (χ4v) is 2.36. The van der Waals surface area contributed by atoms with Crippen molar-refractivity contribution in [2.75, 3.05) is 0 Å². The summed E-state index contributed by atoms with van der Waals surface area (Å²) in [6.07, 6.45) is 4.55. The number of rotatable bonds is 5. The molecule has 0 aromatic carbocycles. The van der Waals surface area contributed by atoms with Crippen LogP contribution in [0, 0.1) is 30.6 Å². The van der Waals surface area contributed by atoms with E-state index in [1.165, 1.54) is 5.69 Å². The first kappa shape index (κ1) is 26.1. The van der Waals surface area contributed by atoms with Crippen molar-refractivity contribution in [1.29, 1.82) is 0 Å². The van der Waals surface area contributed by atoms with Crippen LogP contribution in [-0.2, 0) is 50.5 Å². The summed E-state index contributed by atoms with van der Waals surface area (Å²) in [7, 11) is 0. The number of carbonyl (C=O) groups excluding carboxylic acids is 1. The van der Waals surface area contributed by atoms with E-state index in [1.54, 1.807) is 6.20 Å². The molecule has 1 heterocycles. The Bertz CT molecular complexity index is 470. The summed E-state index contributed by atoms with van der Waals surface area (Å²) >= 11 is 0. The van der Waals surface area contributed by atoms with Gasteiger partial charge in [0.15, 0.2) is 0 Å². The number of aryl methyl sites for hydroxylation is 2. The van der Waals surface area contributed by atoms with Crippen LogP contribution in [0.5, 0.6) is 0 Å². The van der Waals surface area contributed by atoms with Crippen LogP contribution in [-0.4, -0.2) is 20.8 Å². The molecule has 1 radical (unpaired) electrons. The van der Waals surface area contributed by atoms with E-state index < -0.39 is 0 Å². The van der Waals surface area contributed by atoms with Crippen LogP contribution in [0.1, 0.15) is 67.0 Å². The standard InChI is InChI=1S/C12H23O.C7H12N3.Y/c1-9(8-11(2,3)4)10(13)12(5,6)7;1-3-5-7-6-8-9-10(7)4-2;/h9H,1,8H2,2-7H3;6H,1,3-5H2,2H3;/q2*-1;. The van der Waals surface area contributed by atoms with Crippen LogP contribution in [0.4, 0.5) is 0 Å². The van der Waals surface area contributed by atoms with E-state index in [0.29, 0.717) is 0 Å². The molecule has 0 aliphatic carbocycles. The zero-order valence-electron chi connectivity index (χ0n) is 16.7. The second-order valence-electron chi connectivity index (χ2n) is 8.22. The maximum absolute atomic E-state index is 11.8. The maximum atomic E-state index is 11.8. The van der Waals surface area contributed by atoms with E-state index in [1.807, 2.05) is 25.5 Å². The monoisotopic (exact) mass is 410 g/mol. The molecule has 0 aliphatic rings. The van der Waals surface area contributed by atoms with Gasteiger partial charge in [-0.3, -0.25) is 0 Å². The first-order valence-electron chi connectivity index (χ1n) is 8.46. The third-order valence-corrected chi connectivity index (χ3v) is 3.40. The van der Waals surface area contributed by atoms with E-state index in [-0.39, 0.29) is 55.2 Å². The van der Waals surface area contributed by atoms with Gasteiger partial charge in [-0.05, 0) is 18.8 Å². The molecule has 0 bridgehead atoms. The molecule has 0 amide bonds. The van der Waals surface area contributed by atoms with E-state index in [4.69, 9.17) is 0 Å². The van der Waals surface area contributed by atoms with Crippen LogP contribution >= 0.6 is 0 Å². The molecule has 5 heteroatoms. The van der Waals surface area contributed by atoms with Crippen molar-refractivity contribution < 1.29 is 37.5 Å². The average molecular weight is 410 g/mol. The van der Waals surface area contributed by atoms with Crippen molar-refractivity contribution in [3.8, 4) is 0 Å². The van der Waals surface area contributed by atoms with Crippen molar-refractivity contribution in [3.63, 3.8) is 0 Å². The molecule has 137 valence electrons. The van der Waals surface area contributed by atoms with Gasteiger partial charge < -0.3 is 18.6 Å². The molecule has 0 N–H and O–H groups in total. The molecular formula is C19H35N3OY-2. The third-order valence-electron chi connectivity index (χ3n) is 3.40. The van der Waals surface area contributed by atoms with Crippen LogP contribution in [0.15, 0.2) is 6.20 Å². The Hall–Kier alpha value is -0.0861. The van der Waals surface area contributed by atoms with E-state index >= 15 is 0 Å². The smallest absolute Gasteiger partial charge is 0.111 e. The van der Waals surface area contributed by atoms with Gasteiger partial charge >= 0.3 is 0 Å². The summed E-state index contributed by atoms with van der Waals surface area (Å²) in [5.74, 6) is 0.197. The number of aromatic nitrogens is 3. The fourth-order valence-electron chi connectivity index (χ4n) is 2.36. The molecule has 1 rings (SSSR count). The number of ketones is 1. The van der Waals surface area contributed by atoms with Gasteiger partial charge in [0.25, 0.3) is 0 Å². The van der Waals surface area contributed by atoms with E-state index in [9.17, 15) is 4.79 Å². The Morgan fingerprint density at radius 3 is 2.17 bits per heavy atom. The molecule has 0 saturated heterocycles. The summed E-state index contributed by atoms with van der Waals surface area (Å²) in [5, 5.41) is 7.69. The van der Waals surface area contributed by atoms with Crippen molar-refractivity contribution >= 4 is 5.78 Å². The molecule has 1 unspecified atom stereocenters. The van der Waals surface area contributed by atoms with Crippen molar-refractivity contribution in [2.45, 2.75) is 74.3 Å². The van der Waals surface area contributed by atoms with Gasteiger partial charge in [-0.2, -0.15) is 6.42 Å². The average Bonchev–Trinajstić information content (AvgIpc) is 2.83. The predicted octanol–water partition coefficient (Wildman–Crippen LogP) is 4.55. The molecule has 1 atom stereocenters.